The minimum absolute atomic E-state index is 0.192. The zero-order valence-electron chi connectivity index (χ0n) is 21.6. The van der Waals surface area contributed by atoms with Crippen LogP contribution < -0.4 is 10.1 Å². The Balaban J connectivity index is 0.000000493. The lowest BCUT2D eigenvalue weighted by atomic mass is 9.89. The molecule has 0 radical (unpaired) electrons. The fraction of sp³-hybridized carbons (Fsp3) is 0.462. The number of pyridine rings is 1. The van der Waals surface area contributed by atoms with Gasteiger partial charge in [0.05, 0.1) is 6.04 Å². The number of aliphatic carboxylic acids is 1. The van der Waals surface area contributed by atoms with E-state index in [-0.39, 0.29) is 23.6 Å². The topological polar surface area (TPSA) is 120 Å². The molecule has 2 fully saturated rings. The second kappa shape index (κ2) is 12.3. The zero-order chi connectivity index (χ0) is 29.8. The Morgan fingerprint density at radius 2 is 1.63 bits per heavy atom. The van der Waals surface area contributed by atoms with E-state index in [4.69, 9.17) is 14.9 Å². The van der Waals surface area contributed by atoms with Gasteiger partial charge in [0.25, 0.3) is 5.91 Å². The van der Waals surface area contributed by atoms with Crippen LogP contribution in [0.4, 0.5) is 26.3 Å². The summed E-state index contributed by atoms with van der Waals surface area (Å²) in [6.07, 6.45) is -3.06. The Labute approximate surface area is 229 Å². The van der Waals surface area contributed by atoms with Gasteiger partial charge in [0.1, 0.15) is 17.1 Å². The summed E-state index contributed by atoms with van der Waals surface area (Å²) in [4.78, 5) is 36.3. The summed E-state index contributed by atoms with van der Waals surface area (Å²) in [5.41, 5.74) is 3.18. The first-order valence-corrected chi connectivity index (χ1v) is 12.8. The highest BCUT2D eigenvalue weighted by molar-refractivity contribution is 5.94. The van der Waals surface area contributed by atoms with Gasteiger partial charge in [-0.3, -0.25) is 4.79 Å². The summed E-state index contributed by atoms with van der Waals surface area (Å²) in [5, 5.41) is 10.6. The number of rotatable bonds is 4. The number of fused-ring (bicyclic) bond motifs is 1. The molecule has 15 heteroatoms. The standard InChI is InChI=1S/C24H26F3N5O2.C2HF3O2/c25-24(26,27)34-17-6-4-16(5-7-17)23(33)32-13-9-15(10-14-32)18-8-12-29-22-20(18)30-21(31-22)19-3-1-2-11-28-19;3-2(4,5)1(6)7/h4-8,12,15,19,28H,1-3,9-11,13-14H2,(H,29,30,31);(H,6,7)/t19-;/m1./s1. The van der Waals surface area contributed by atoms with Crippen molar-refractivity contribution in [1.82, 2.24) is 25.2 Å². The minimum atomic E-state index is -5.08. The van der Waals surface area contributed by atoms with E-state index in [2.05, 4.69) is 20.0 Å². The molecule has 5 rings (SSSR count). The molecule has 0 saturated carbocycles. The number of alkyl halides is 6. The fourth-order valence-corrected chi connectivity index (χ4v) is 4.90. The van der Waals surface area contributed by atoms with Crippen molar-refractivity contribution in [2.75, 3.05) is 19.6 Å². The number of carboxylic acids is 1. The molecule has 2 aliphatic heterocycles. The summed E-state index contributed by atoms with van der Waals surface area (Å²) in [7, 11) is 0. The lowest BCUT2D eigenvalue weighted by molar-refractivity contribution is -0.274. The molecular formula is C26H27F6N5O4. The predicted molar refractivity (Wildman–Crippen MR) is 133 cm³/mol. The molecule has 2 saturated heterocycles. The summed E-state index contributed by atoms with van der Waals surface area (Å²) in [6, 6.07) is 7.31. The number of benzene rings is 1. The number of nitrogens with one attached hydrogen (secondary N) is 2. The Bertz CT molecular complexity index is 1350. The molecule has 41 heavy (non-hydrogen) atoms. The van der Waals surface area contributed by atoms with Crippen LogP contribution in [-0.2, 0) is 4.79 Å². The highest BCUT2D eigenvalue weighted by Gasteiger charge is 2.38. The van der Waals surface area contributed by atoms with Gasteiger partial charge in [0.15, 0.2) is 5.65 Å². The number of hydrogen-bond acceptors (Lipinski definition) is 6. The quantitative estimate of drug-likeness (QED) is 0.353. The molecule has 1 aromatic carbocycles. The molecule has 0 aliphatic carbocycles. The van der Waals surface area contributed by atoms with E-state index in [1.165, 1.54) is 25.0 Å². The number of halogens is 6. The first-order chi connectivity index (χ1) is 19.3. The number of H-pyrrole nitrogens is 1. The third-order valence-corrected chi connectivity index (χ3v) is 6.87. The number of likely N-dealkylation sites (tertiary alicyclic amines) is 1. The van der Waals surface area contributed by atoms with Gasteiger partial charge in [-0.1, -0.05) is 6.42 Å². The Morgan fingerprint density at radius 3 is 2.20 bits per heavy atom. The van der Waals surface area contributed by atoms with Gasteiger partial charge in [0, 0.05) is 24.8 Å². The van der Waals surface area contributed by atoms with E-state index < -0.39 is 18.5 Å². The number of amides is 1. The van der Waals surface area contributed by atoms with Crippen molar-refractivity contribution in [3.05, 3.63) is 53.5 Å². The molecule has 3 N–H and O–H groups in total. The maximum atomic E-state index is 12.9. The van der Waals surface area contributed by atoms with Crippen molar-refractivity contribution in [2.24, 2.45) is 0 Å². The first-order valence-electron chi connectivity index (χ1n) is 12.8. The van der Waals surface area contributed by atoms with E-state index in [1.54, 1.807) is 11.1 Å². The first kappa shape index (κ1) is 30.1. The Kier molecular flexibility index (Phi) is 9.05. The molecule has 3 aromatic rings. The summed E-state index contributed by atoms with van der Waals surface area (Å²) in [5.74, 6) is -2.10. The minimum Gasteiger partial charge on any atom is -0.475 e. The van der Waals surface area contributed by atoms with Crippen LogP contribution in [0.2, 0.25) is 0 Å². The van der Waals surface area contributed by atoms with Crippen LogP contribution in [0.1, 0.15) is 65.8 Å². The Morgan fingerprint density at radius 1 is 0.976 bits per heavy atom. The molecule has 0 bridgehead atoms. The van der Waals surface area contributed by atoms with Gasteiger partial charge in [0.2, 0.25) is 0 Å². The van der Waals surface area contributed by atoms with E-state index >= 15 is 0 Å². The van der Waals surface area contributed by atoms with Crippen LogP contribution in [0.3, 0.4) is 0 Å². The highest BCUT2D eigenvalue weighted by atomic mass is 19.4. The highest BCUT2D eigenvalue weighted by Crippen LogP contribution is 2.33. The summed E-state index contributed by atoms with van der Waals surface area (Å²) in [6.45, 7) is 2.12. The van der Waals surface area contributed by atoms with Crippen molar-refractivity contribution in [1.29, 1.82) is 0 Å². The molecule has 4 heterocycles. The van der Waals surface area contributed by atoms with Gasteiger partial charge >= 0.3 is 18.5 Å². The molecule has 2 aromatic heterocycles. The number of piperidine rings is 2. The maximum absolute atomic E-state index is 12.9. The molecule has 0 spiro atoms. The Hall–Kier alpha value is -3.88. The van der Waals surface area contributed by atoms with Crippen molar-refractivity contribution in [3.8, 4) is 5.75 Å². The van der Waals surface area contributed by atoms with Gasteiger partial charge in [-0.25, -0.2) is 14.8 Å². The predicted octanol–water partition coefficient (Wildman–Crippen LogP) is 5.32. The molecule has 1 amide bonds. The van der Waals surface area contributed by atoms with Crippen LogP contribution in [0.25, 0.3) is 11.2 Å². The molecular weight excluding hydrogens is 560 g/mol. The van der Waals surface area contributed by atoms with E-state index in [0.717, 1.165) is 60.5 Å². The van der Waals surface area contributed by atoms with Crippen LogP contribution in [0.5, 0.6) is 5.75 Å². The lowest BCUT2D eigenvalue weighted by Crippen LogP contribution is -2.38. The van der Waals surface area contributed by atoms with Crippen LogP contribution in [0, 0.1) is 0 Å². The third kappa shape index (κ3) is 7.86. The summed E-state index contributed by atoms with van der Waals surface area (Å²) < 4.78 is 72.7. The summed E-state index contributed by atoms with van der Waals surface area (Å²) >= 11 is 0. The molecule has 9 nitrogen and oxygen atoms in total. The number of carbonyl (C=O) groups is 2. The second-order valence-electron chi connectivity index (χ2n) is 9.66. The van der Waals surface area contributed by atoms with Crippen molar-refractivity contribution in [2.45, 2.75) is 56.6 Å². The molecule has 0 unspecified atom stereocenters. The van der Waals surface area contributed by atoms with Crippen molar-refractivity contribution in [3.63, 3.8) is 0 Å². The maximum Gasteiger partial charge on any atom is 0.573 e. The van der Waals surface area contributed by atoms with E-state index in [1.807, 2.05) is 6.07 Å². The van der Waals surface area contributed by atoms with Crippen LogP contribution in [0.15, 0.2) is 36.5 Å². The van der Waals surface area contributed by atoms with Crippen molar-refractivity contribution < 1.29 is 45.8 Å². The number of aromatic nitrogens is 3. The SMILES string of the molecule is O=C(O)C(F)(F)F.O=C(c1ccc(OC(F)(F)F)cc1)N1CCC(c2ccnc3[nH]c([C@H]4CCCCN4)nc23)CC1. The number of carboxylic acid groups (broad SMARTS) is 1. The van der Waals surface area contributed by atoms with Crippen LogP contribution in [-0.4, -0.2) is 69.0 Å². The molecule has 2 aliphatic rings. The number of carbonyl (C=O) groups excluding carboxylic acids is 1. The normalized spacial score (nSPS) is 18.5. The smallest absolute Gasteiger partial charge is 0.475 e. The fourth-order valence-electron chi connectivity index (χ4n) is 4.90. The van der Waals surface area contributed by atoms with E-state index in [9.17, 15) is 31.1 Å². The molecule has 1 atom stereocenters. The van der Waals surface area contributed by atoms with Crippen LogP contribution >= 0.6 is 0 Å². The number of ether oxygens (including phenoxy) is 1. The number of hydrogen-bond donors (Lipinski definition) is 3. The number of aromatic amines is 1. The monoisotopic (exact) mass is 587 g/mol. The number of nitrogens with zero attached hydrogens (tertiary/aromatic N) is 3. The zero-order valence-corrected chi connectivity index (χ0v) is 21.6. The lowest BCUT2D eigenvalue weighted by Gasteiger charge is -2.32. The number of imidazole rings is 1. The van der Waals surface area contributed by atoms with Crippen molar-refractivity contribution >= 4 is 23.0 Å². The third-order valence-electron chi connectivity index (χ3n) is 6.87. The second-order valence-corrected chi connectivity index (χ2v) is 9.66. The van der Waals surface area contributed by atoms with Gasteiger partial charge < -0.3 is 25.0 Å². The average Bonchev–Trinajstić information content (AvgIpc) is 3.37. The molecule has 222 valence electrons. The van der Waals surface area contributed by atoms with Gasteiger partial charge in [-0.15, -0.1) is 13.2 Å². The largest absolute Gasteiger partial charge is 0.573 e. The van der Waals surface area contributed by atoms with Gasteiger partial charge in [-0.05, 0) is 74.0 Å². The van der Waals surface area contributed by atoms with E-state index in [0.29, 0.717) is 18.7 Å². The van der Waals surface area contributed by atoms with Gasteiger partial charge in [-0.2, -0.15) is 13.2 Å². The average molecular weight is 588 g/mol.